The quantitative estimate of drug-likeness (QED) is 0.165. The van der Waals surface area contributed by atoms with Gasteiger partial charge in [0.05, 0.1) is 17.2 Å². The molecule has 0 fully saturated rings. The van der Waals surface area contributed by atoms with Crippen molar-refractivity contribution in [1.29, 1.82) is 0 Å². The molecule has 0 radical (unpaired) electrons. The van der Waals surface area contributed by atoms with Crippen molar-refractivity contribution >= 4 is 22.4 Å². The second-order valence-corrected chi connectivity index (χ2v) is 9.52. The molecule has 1 atom stereocenters. The van der Waals surface area contributed by atoms with Crippen molar-refractivity contribution in [1.82, 2.24) is 9.97 Å². The lowest BCUT2D eigenvalue weighted by Gasteiger charge is -2.32. The van der Waals surface area contributed by atoms with Crippen molar-refractivity contribution in [3.8, 4) is 11.6 Å². The zero-order valence-corrected chi connectivity index (χ0v) is 21.3. The molecule has 1 aliphatic carbocycles. The highest BCUT2D eigenvalue weighted by molar-refractivity contribution is 6.04. The Labute approximate surface area is 227 Å². The van der Waals surface area contributed by atoms with Gasteiger partial charge >= 0.3 is 0 Å². The summed E-state index contributed by atoms with van der Waals surface area (Å²) >= 11 is 0. The summed E-state index contributed by atoms with van der Waals surface area (Å²) in [4.78, 5) is 22.0. The number of hydrogen-bond donors (Lipinski definition) is 0. The summed E-state index contributed by atoms with van der Waals surface area (Å²) in [6.07, 6.45) is 12.5. The van der Waals surface area contributed by atoms with E-state index in [4.69, 9.17) is 4.74 Å². The topological polar surface area (TPSA) is 52.1 Å². The molecule has 188 valence electrons. The molecule has 39 heavy (non-hydrogen) atoms. The SMILES string of the molecule is O=C(C=CC1(c2ccc(Oc3cnc4ccccc4n3)cc2)C=CC=C(c2ccccc2)C1)c1ccccc1. The van der Waals surface area contributed by atoms with Crippen LogP contribution in [0.3, 0.4) is 0 Å². The van der Waals surface area contributed by atoms with Crippen LogP contribution in [0.4, 0.5) is 0 Å². The van der Waals surface area contributed by atoms with Gasteiger partial charge in [-0.1, -0.05) is 109 Å². The highest BCUT2D eigenvalue weighted by Gasteiger charge is 2.30. The summed E-state index contributed by atoms with van der Waals surface area (Å²) in [6, 6.07) is 35.4. The second kappa shape index (κ2) is 10.7. The predicted octanol–water partition coefficient (Wildman–Crippen LogP) is 8.14. The molecule has 0 amide bonds. The van der Waals surface area contributed by atoms with E-state index < -0.39 is 5.41 Å². The number of carbonyl (C=O) groups excluding carboxylic acids is 1. The van der Waals surface area contributed by atoms with E-state index in [2.05, 4.69) is 52.5 Å². The molecule has 0 aliphatic heterocycles. The summed E-state index contributed by atoms with van der Waals surface area (Å²) in [5.41, 5.74) is 5.23. The Hall–Kier alpha value is -5.09. The van der Waals surface area contributed by atoms with Gasteiger partial charge in [0.1, 0.15) is 5.75 Å². The second-order valence-electron chi connectivity index (χ2n) is 9.52. The molecule has 0 N–H and O–H groups in total. The largest absolute Gasteiger partial charge is 0.437 e. The molecule has 1 aliphatic rings. The number of hydrogen-bond acceptors (Lipinski definition) is 4. The van der Waals surface area contributed by atoms with Crippen molar-refractivity contribution in [2.24, 2.45) is 0 Å². The van der Waals surface area contributed by atoms with Crippen molar-refractivity contribution in [2.45, 2.75) is 11.8 Å². The predicted molar refractivity (Wildman–Crippen MR) is 156 cm³/mol. The van der Waals surface area contributed by atoms with Gasteiger partial charge in [0.25, 0.3) is 0 Å². The first kappa shape index (κ1) is 24.3. The normalized spacial score (nSPS) is 16.8. The van der Waals surface area contributed by atoms with Gasteiger partial charge in [0.15, 0.2) is 5.78 Å². The molecule has 0 spiro atoms. The molecule has 1 aromatic heterocycles. The molecule has 4 heteroatoms. The number of aromatic nitrogens is 2. The Bertz CT molecular complexity index is 1700. The molecule has 4 nitrogen and oxygen atoms in total. The average molecular weight is 507 g/mol. The van der Waals surface area contributed by atoms with Crippen molar-refractivity contribution < 1.29 is 9.53 Å². The first-order chi connectivity index (χ1) is 19.2. The van der Waals surface area contributed by atoms with Gasteiger partial charge in [-0.25, -0.2) is 9.97 Å². The molecule has 4 aromatic carbocycles. The van der Waals surface area contributed by atoms with Crippen LogP contribution >= 0.6 is 0 Å². The van der Waals surface area contributed by atoms with E-state index in [-0.39, 0.29) is 5.78 Å². The summed E-state index contributed by atoms with van der Waals surface area (Å²) in [6.45, 7) is 0. The third kappa shape index (κ3) is 5.32. The molecule has 5 aromatic rings. The lowest BCUT2D eigenvalue weighted by Crippen LogP contribution is -2.23. The zero-order valence-electron chi connectivity index (χ0n) is 21.3. The number of rotatable bonds is 7. The third-order valence-corrected chi connectivity index (χ3v) is 6.95. The fourth-order valence-electron chi connectivity index (χ4n) is 4.89. The Morgan fingerprint density at radius 2 is 1.49 bits per heavy atom. The first-order valence-corrected chi connectivity index (χ1v) is 12.9. The fraction of sp³-hybridized carbons (Fsp3) is 0.0571. The first-order valence-electron chi connectivity index (χ1n) is 12.9. The van der Waals surface area contributed by atoms with Crippen LogP contribution in [0.1, 0.15) is 27.9 Å². The van der Waals surface area contributed by atoms with Crippen LogP contribution in [0, 0.1) is 0 Å². The Balaban J connectivity index is 1.31. The number of ether oxygens (including phenoxy) is 1. The smallest absolute Gasteiger partial charge is 0.238 e. The van der Waals surface area contributed by atoms with E-state index in [1.54, 1.807) is 12.3 Å². The molecule has 0 saturated carbocycles. The van der Waals surface area contributed by atoms with Gasteiger partial charge in [0.2, 0.25) is 5.88 Å². The van der Waals surface area contributed by atoms with Crippen molar-refractivity contribution in [3.63, 3.8) is 0 Å². The van der Waals surface area contributed by atoms with E-state index in [1.807, 2.05) is 91.0 Å². The maximum absolute atomic E-state index is 13.0. The molecule has 6 rings (SSSR count). The van der Waals surface area contributed by atoms with Crippen LogP contribution in [-0.4, -0.2) is 15.8 Å². The lowest BCUT2D eigenvalue weighted by atomic mass is 9.71. The number of benzene rings is 4. The molecule has 0 saturated heterocycles. The maximum Gasteiger partial charge on any atom is 0.238 e. The zero-order chi connectivity index (χ0) is 26.5. The molecular formula is C35H26N2O2. The highest BCUT2D eigenvalue weighted by Crippen LogP contribution is 2.41. The highest BCUT2D eigenvalue weighted by atomic mass is 16.5. The van der Waals surface area contributed by atoms with E-state index in [0.29, 0.717) is 17.2 Å². The number of ketones is 1. The van der Waals surface area contributed by atoms with Crippen LogP contribution in [0.2, 0.25) is 0 Å². The Morgan fingerprint density at radius 3 is 2.26 bits per heavy atom. The minimum Gasteiger partial charge on any atom is -0.437 e. The van der Waals surface area contributed by atoms with Gasteiger partial charge < -0.3 is 4.74 Å². The number of para-hydroxylation sites is 2. The lowest BCUT2D eigenvalue weighted by molar-refractivity contribution is 0.104. The fourth-order valence-corrected chi connectivity index (χ4v) is 4.89. The summed E-state index contributed by atoms with van der Waals surface area (Å²) in [5, 5.41) is 0. The van der Waals surface area contributed by atoms with E-state index in [0.717, 1.165) is 23.0 Å². The maximum atomic E-state index is 13.0. The summed E-state index contributed by atoms with van der Waals surface area (Å²) in [7, 11) is 0. The number of carbonyl (C=O) groups is 1. The van der Waals surface area contributed by atoms with Gasteiger partial charge in [0, 0.05) is 11.0 Å². The van der Waals surface area contributed by atoms with Gasteiger partial charge in [-0.15, -0.1) is 0 Å². The molecular weight excluding hydrogens is 480 g/mol. The van der Waals surface area contributed by atoms with Gasteiger partial charge in [-0.05, 0) is 53.5 Å². The van der Waals surface area contributed by atoms with Crippen LogP contribution in [-0.2, 0) is 5.41 Å². The minimum atomic E-state index is -0.494. The monoisotopic (exact) mass is 506 g/mol. The molecule has 1 unspecified atom stereocenters. The molecule has 0 bridgehead atoms. The van der Waals surface area contributed by atoms with Crippen molar-refractivity contribution in [2.75, 3.05) is 0 Å². The number of nitrogens with zero attached hydrogens (tertiary/aromatic N) is 2. The average Bonchev–Trinajstić information content (AvgIpc) is 3.01. The van der Waals surface area contributed by atoms with Gasteiger partial charge in [-0.3, -0.25) is 4.79 Å². The Kier molecular flexibility index (Phi) is 6.67. The Morgan fingerprint density at radius 1 is 0.795 bits per heavy atom. The van der Waals surface area contributed by atoms with Crippen LogP contribution in [0.15, 0.2) is 146 Å². The summed E-state index contributed by atoms with van der Waals surface area (Å²) in [5.74, 6) is 1.09. The minimum absolute atomic E-state index is 0.0194. The standard InChI is InChI=1S/C35H26N2O2/c38-33(27-12-5-2-6-13-27)21-23-35(22-9-14-28(24-35)26-10-3-1-4-11-26)29-17-19-30(20-18-29)39-34-25-36-31-15-7-8-16-32(31)37-34/h1-23,25H,24H2. The van der Waals surface area contributed by atoms with Crippen LogP contribution in [0.5, 0.6) is 11.6 Å². The molecule has 1 heterocycles. The van der Waals surface area contributed by atoms with Gasteiger partial charge in [-0.2, -0.15) is 0 Å². The van der Waals surface area contributed by atoms with Crippen LogP contribution < -0.4 is 4.74 Å². The third-order valence-electron chi connectivity index (χ3n) is 6.95. The summed E-state index contributed by atoms with van der Waals surface area (Å²) < 4.78 is 6.03. The van der Waals surface area contributed by atoms with E-state index >= 15 is 0 Å². The van der Waals surface area contributed by atoms with Crippen molar-refractivity contribution in [3.05, 3.63) is 162 Å². The van der Waals surface area contributed by atoms with E-state index in [9.17, 15) is 4.79 Å². The number of allylic oxidation sites excluding steroid dienone is 6. The van der Waals surface area contributed by atoms with Crippen LogP contribution in [0.25, 0.3) is 16.6 Å². The number of fused-ring (bicyclic) bond motifs is 1. The van der Waals surface area contributed by atoms with E-state index in [1.165, 1.54) is 11.1 Å².